The first-order valence-corrected chi connectivity index (χ1v) is 6.75. The molecule has 3 aromatic rings. The molecule has 22 heavy (non-hydrogen) atoms. The Labute approximate surface area is 130 Å². The van der Waals surface area contributed by atoms with Gasteiger partial charge in [0.25, 0.3) is 0 Å². The van der Waals surface area contributed by atoms with Crippen LogP contribution in [0.3, 0.4) is 0 Å². The lowest BCUT2D eigenvalue weighted by atomic mass is 10.3. The van der Waals surface area contributed by atoms with Gasteiger partial charge in [0, 0.05) is 0 Å². The topological polar surface area (TPSA) is 95.9 Å². The van der Waals surface area contributed by atoms with Crippen LogP contribution < -0.4 is 5.73 Å². The smallest absolute Gasteiger partial charge is 0.356 e. The highest BCUT2D eigenvalue weighted by Gasteiger charge is 2.17. The number of nitrogens with two attached hydrogens (primary N) is 1. The Morgan fingerprint density at radius 1 is 1.36 bits per heavy atom. The Hall–Kier alpha value is -2.67. The predicted molar refractivity (Wildman–Crippen MR) is 82.2 cm³/mol. The summed E-state index contributed by atoms with van der Waals surface area (Å²) in [7, 11) is 1.30. The van der Waals surface area contributed by atoms with Gasteiger partial charge in [-0.2, -0.15) is 0 Å². The van der Waals surface area contributed by atoms with E-state index in [4.69, 9.17) is 17.3 Å². The minimum atomic E-state index is -0.524. The van der Waals surface area contributed by atoms with Gasteiger partial charge in [0.2, 0.25) is 0 Å². The number of hydrogen-bond donors (Lipinski definition) is 1. The molecule has 0 saturated heterocycles. The normalized spacial score (nSPS) is 10.9. The Morgan fingerprint density at radius 2 is 2.14 bits per heavy atom. The summed E-state index contributed by atoms with van der Waals surface area (Å²) in [5.41, 5.74) is 7.40. The highest BCUT2D eigenvalue weighted by molar-refractivity contribution is 6.32. The second-order valence-corrected chi connectivity index (χ2v) is 5.01. The van der Waals surface area contributed by atoms with E-state index in [-0.39, 0.29) is 5.69 Å². The van der Waals surface area contributed by atoms with E-state index in [1.165, 1.54) is 13.3 Å². The van der Waals surface area contributed by atoms with Crippen molar-refractivity contribution in [3.05, 3.63) is 40.9 Å². The van der Waals surface area contributed by atoms with Crippen molar-refractivity contribution in [2.75, 3.05) is 12.8 Å². The van der Waals surface area contributed by atoms with Crippen LogP contribution in [0.1, 0.15) is 16.3 Å². The van der Waals surface area contributed by atoms with Crippen LogP contribution in [0.2, 0.25) is 5.02 Å². The zero-order chi connectivity index (χ0) is 15.9. The molecule has 0 aliphatic rings. The number of rotatable bonds is 2. The van der Waals surface area contributed by atoms with Gasteiger partial charge in [0.15, 0.2) is 17.2 Å². The Bertz CT molecular complexity index is 890. The minimum Gasteiger partial charge on any atom is -0.464 e. The number of methoxy groups -OCH3 is 1. The fourth-order valence-corrected chi connectivity index (χ4v) is 2.41. The SMILES string of the molecule is COC(=O)c1ccc2nc(C)n(-c3ncc(N)cc3Cl)c2n1. The quantitative estimate of drug-likeness (QED) is 0.727. The van der Waals surface area contributed by atoms with Crippen molar-refractivity contribution in [2.45, 2.75) is 6.92 Å². The van der Waals surface area contributed by atoms with E-state index in [1.807, 2.05) is 0 Å². The monoisotopic (exact) mass is 317 g/mol. The number of nitrogen functional groups attached to an aromatic ring is 1. The summed E-state index contributed by atoms with van der Waals surface area (Å²) in [4.78, 5) is 24.6. The van der Waals surface area contributed by atoms with E-state index < -0.39 is 5.97 Å². The standard InChI is InChI=1S/C14H12ClN5O2/c1-7-18-10-3-4-11(14(21)22-2)19-13(10)20(7)12-9(15)5-8(16)6-17-12/h3-6H,16H2,1-2H3. The van der Waals surface area contributed by atoms with Crippen LogP contribution >= 0.6 is 11.6 Å². The molecule has 0 spiro atoms. The van der Waals surface area contributed by atoms with Gasteiger partial charge in [-0.05, 0) is 25.1 Å². The van der Waals surface area contributed by atoms with Crippen LogP contribution in [0.15, 0.2) is 24.4 Å². The zero-order valence-electron chi connectivity index (χ0n) is 11.9. The first-order chi connectivity index (χ1) is 10.5. The fourth-order valence-electron chi connectivity index (χ4n) is 2.15. The molecule has 0 unspecified atom stereocenters. The molecule has 0 amide bonds. The molecule has 8 heteroatoms. The second-order valence-electron chi connectivity index (χ2n) is 4.60. The third-order valence-corrected chi connectivity index (χ3v) is 3.40. The average molecular weight is 318 g/mol. The number of carbonyl (C=O) groups excluding carboxylic acids is 1. The Morgan fingerprint density at radius 3 is 2.82 bits per heavy atom. The Kier molecular flexibility index (Phi) is 3.42. The molecule has 0 radical (unpaired) electrons. The number of carbonyl (C=O) groups is 1. The number of pyridine rings is 2. The first-order valence-electron chi connectivity index (χ1n) is 6.37. The van der Waals surface area contributed by atoms with E-state index in [1.54, 1.807) is 29.7 Å². The third-order valence-electron chi connectivity index (χ3n) is 3.12. The number of hydrogen-bond acceptors (Lipinski definition) is 6. The number of ether oxygens (including phenoxy) is 1. The molecule has 0 aliphatic carbocycles. The van der Waals surface area contributed by atoms with Crippen molar-refractivity contribution < 1.29 is 9.53 Å². The van der Waals surface area contributed by atoms with E-state index >= 15 is 0 Å². The number of halogens is 1. The lowest BCUT2D eigenvalue weighted by Crippen LogP contribution is -2.07. The molecule has 0 atom stereocenters. The first kappa shape index (κ1) is 14.3. The van der Waals surface area contributed by atoms with Crippen molar-refractivity contribution in [1.29, 1.82) is 0 Å². The molecule has 0 aliphatic heterocycles. The number of fused-ring (bicyclic) bond motifs is 1. The van der Waals surface area contributed by atoms with Crippen LogP contribution in [-0.4, -0.2) is 32.6 Å². The zero-order valence-corrected chi connectivity index (χ0v) is 12.6. The van der Waals surface area contributed by atoms with Crippen LogP contribution in [0.4, 0.5) is 5.69 Å². The van der Waals surface area contributed by atoms with Gasteiger partial charge in [0.1, 0.15) is 11.3 Å². The summed E-state index contributed by atoms with van der Waals surface area (Å²) >= 11 is 6.21. The van der Waals surface area contributed by atoms with E-state index in [0.29, 0.717) is 33.5 Å². The number of nitrogens with zero attached hydrogens (tertiary/aromatic N) is 4. The molecule has 3 rings (SSSR count). The maximum absolute atomic E-state index is 11.7. The van der Waals surface area contributed by atoms with Gasteiger partial charge in [-0.1, -0.05) is 11.6 Å². The van der Waals surface area contributed by atoms with Crippen molar-refractivity contribution in [3.8, 4) is 5.82 Å². The molecule has 3 heterocycles. The van der Waals surface area contributed by atoms with E-state index in [9.17, 15) is 4.79 Å². The molecule has 0 bridgehead atoms. The summed E-state index contributed by atoms with van der Waals surface area (Å²) < 4.78 is 6.36. The minimum absolute atomic E-state index is 0.183. The summed E-state index contributed by atoms with van der Waals surface area (Å²) in [6.07, 6.45) is 1.50. The lowest BCUT2D eigenvalue weighted by molar-refractivity contribution is 0.0594. The molecule has 0 fully saturated rings. The number of aromatic nitrogens is 4. The molecule has 3 aromatic heterocycles. The molecular formula is C14H12ClN5O2. The summed E-state index contributed by atoms with van der Waals surface area (Å²) in [5.74, 6) is 0.567. The summed E-state index contributed by atoms with van der Waals surface area (Å²) in [5, 5.41) is 0.368. The largest absolute Gasteiger partial charge is 0.464 e. The van der Waals surface area contributed by atoms with Crippen LogP contribution in [0.25, 0.3) is 17.0 Å². The number of anilines is 1. The molecule has 112 valence electrons. The lowest BCUT2D eigenvalue weighted by Gasteiger charge is -2.08. The number of imidazole rings is 1. The summed E-state index contributed by atoms with van der Waals surface area (Å²) in [6.45, 7) is 1.80. The average Bonchev–Trinajstić information content (AvgIpc) is 2.82. The number of esters is 1. The van der Waals surface area contributed by atoms with Gasteiger partial charge < -0.3 is 10.5 Å². The molecule has 0 aromatic carbocycles. The van der Waals surface area contributed by atoms with Crippen molar-refractivity contribution in [3.63, 3.8) is 0 Å². The van der Waals surface area contributed by atoms with Crippen LogP contribution in [-0.2, 0) is 4.74 Å². The highest BCUT2D eigenvalue weighted by atomic mass is 35.5. The number of aryl methyl sites for hydroxylation is 1. The van der Waals surface area contributed by atoms with Crippen LogP contribution in [0, 0.1) is 6.92 Å². The fraction of sp³-hybridized carbons (Fsp3) is 0.143. The van der Waals surface area contributed by atoms with Gasteiger partial charge in [-0.3, -0.25) is 4.57 Å². The van der Waals surface area contributed by atoms with Gasteiger partial charge in [-0.25, -0.2) is 19.7 Å². The maximum Gasteiger partial charge on any atom is 0.356 e. The Balaban J connectivity index is 2.28. The summed E-state index contributed by atoms with van der Waals surface area (Å²) in [6, 6.07) is 4.85. The van der Waals surface area contributed by atoms with E-state index in [2.05, 4.69) is 19.7 Å². The second kappa shape index (κ2) is 5.27. The molecule has 2 N–H and O–H groups in total. The van der Waals surface area contributed by atoms with E-state index in [0.717, 1.165) is 0 Å². The van der Waals surface area contributed by atoms with Gasteiger partial charge in [0.05, 0.1) is 24.0 Å². The molecular weight excluding hydrogens is 306 g/mol. The maximum atomic E-state index is 11.7. The van der Waals surface area contributed by atoms with Crippen molar-refractivity contribution in [2.24, 2.45) is 0 Å². The highest BCUT2D eigenvalue weighted by Crippen LogP contribution is 2.25. The predicted octanol–water partition coefficient (Wildman–Crippen LogP) is 2.15. The molecule has 0 saturated carbocycles. The third kappa shape index (κ3) is 2.25. The molecule has 7 nitrogen and oxygen atoms in total. The van der Waals surface area contributed by atoms with Gasteiger partial charge >= 0.3 is 5.97 Å². The van der Waals surface area contributed by atoms with Crippen molar-refractivity contribution in [1.82, 2.24) is 19.5 Å². The van der Waals surface area contributed by atoms with Gasteiger partial charge in [-0.15, -0.1) is 0 Å². The van der Waals surface area contributed by atoms with Crippen molar-refractivity contribution >= 4 is 34.4 Å². The van der Waals surface area contributed by atoms with Crippen LogP contribution in [0.5, 0.6) is 0 Å².